The van der Waals surface area contributed by atoms with Crippen LogP contribution in [0.15, 0.2) is 72.8 Å². The molecule has 3 aliphatic heterocycles. The Hall–Kier alpha value is -1.71. The van der Waals surface area contributed by atoms with Crippen molar-refractivity contribution >= 4 is 34.8 Å². The molecule has 0 amide bonds. The van der Waals surface area contributed by atoms with Crippen molar-refractivity contribution in [1.82, 2.24) is 0 Å². The summed E-state index contributed by atoms with van der Waals surface area (Å²) in [5.41, 5.74) is 2.17. The monoisotopic (exact) mass is 548 g/mol. The van der Waals surface area contributed by atoms with E-state index in [4.69, 9.17) is 63.2 Å². The van der Waals surface area contributed by atoms with Crippen LogP contribution in [-0.2, 0) is 28.4 Å². The van der Waals surface area contributed by atoms with Crippen molar-refractivity contribution in [3.8, 4) is 0 Å². The second-order valence-corrected chi connectivity index (χ2v) is 10.00. The lowest BCUT2D eigenvalue weighted by Crippen LogP contribution is -2.43. The minimum Gasteiger partial charge on any atom is -0.346 e. The van der Waals surface area contributed by atoms with Crippen molar-refractivity contribution in [3.63, 3.8) is 0 Å². The average molecular weight is 550 g/mol. The van der Waals surface area contributed by atoms with E-state index >= 15 is 0 Å². The maximum absolute atomic E-state index is 6.49. The molecule has 0 saturated carbocycles. The first-order chi connectivity index (χ1) is 17.6. The van der Waals surface area contributed by atoms with Crippen molar-refractivity contribution < 1.29 is 28.4 Å². The zero-order valence-corrected chi connectivity index (χ0v) is 21.2. The van der Waals surface area contributed by atoms with Crippen LogP contribution in [0.4, 0.5) is 0 Å². The largest absolute Gasteiger partial charge is 0.346 e. The van der Waals surface area contributed by atoms with Crippen molar-refractivity contribution in [2.24, 2.45) is 0 Å². The van der Waals surface area contributed by atoms with Crippen LogP contribution in [0.3, 0.4) is 0 Å². The van der Waals surface area contributed by atoms with Gasteiger partial charge >= 0.3 is 0 Å². The van der Waals surface area contributed by atoms with Gasteiger partial charge in [0.15, 0.2) is 18.9 Å². The van der Waals surface area contributed by atoms with Crippen LogP contribution in [0.1, 0.15) is 35.6 Å². The molecule has 3 aromatic carbocycles. The molecule has 0 spiro atoms. The van der Waals surface area contributed by atoms with E-state index in [2.05, 4.69) is 0 Å². The van der Waals surface area contributed by atoms with Gasteiger partial charge in [-0.1, -0.05) is 89.4 Å². The number of hydrogen-bond donors (Lipinski definition) is 0. The highest BCUT2D eigenvalue weighted by atomic mass is 35.5. The number of hydrogen-bond acceptors (Lipinski definition) is 6. The molecule has 0 N–H and O–H groups in total. The minimum absolute atomic E-state index is 0.146. The summed E-state index contributed by atoms with van der Waals surface area (Å²) >= 11 is 19.4. The van der Waals surface area contributed by atoms with Gasteiger partial charge in [-0.05, 0) is 18.2 Å². The number of benzene rings is 3. The summed E-state index contributed by atoms with van der Waals surface area (Å²) in [6.07, 6.45) is -4.25. The second-order valence-electron chi connectivity index (χ2n) is 8.78. The summed E-state index contributed by atoms with van der Waals surface area (Å²) in [6, 6.07) is 22.3. The van der Waals surface area contributed by atoms with Crippen LogP contribution in [0, 0.1) is 0 Å². The number of ether oxygens (including phenoxy) is 6. The van der Waals surface area contributed by atoms with Gasteiger partial charge in [0.05, 0.1) is 13.2 Å². The lowest BCUT2D eigenvalue weighted by atomic mass is 10.0. The zero-order chi connectivity index (χ0) is 24.6. The molecular weight excluding hydrogens is 527 g/mol. The van der Waals surface area contributed by atoms with Crippen molar-refractivity contribution in [1.29, 1.82) is 0 Å². The first-order valence-corrected chi connectivity index (χ1v) is 12.8. The van der Waals surface area contributed by atoms with E-state index in [0.717, 1.165) is 11.1 Å². The van der Waals surface area contributed by atoms with Crippen LogP contribution in [-0.4, -0.2) is 37.6 Å². The maximum atomic E-state index is 6.49. The third kappa shape index (κ3) is 4.78. The molecule has 3 aliphatic rings. The Morgan fingerprint density at radius 2 is 0.833 bits per heavy atom. The Bertz CT molecular complexity index is 1160. The van der Waals surface area contributed by atoms with E-state index in [-0.39, 0.29) is 13.2 Å². The van der Waals surface area contributed by atoms with Gasteiger partial charge in [-0.15, -0.1) is 0 Å². The van der Waals surface area contributed by atoms with Gasteiger partial charge in [0.25, 0.3) is 0 Å². The van der Waals surface area contributed by atoms with E-state index in [0.29, 0.717) is 20.6 Å². The average Bonchev–Trinajstić information content (AvgIpc) is 3.29. The Morgan fingerprint density at radius 1 is 0.472 bits per heavy atom. The lowest BCUT2D eigenvalue weighted by molar-refractivity contribution is -0.266. The van der Waals surface area contributed by atoms with Gasteiger partial charge in [-0.25, -0.2) is 0 Å². The molecule has 0 aliphatic carbocycles. The molecule has 6 rings (SSSR count). The molecule has 7 atom stereocenters. The molecule has 0 radical (unpaired) electrons. The SMILES string of the molecule is Clc1ccccc1C1OC[C@@H]2OC(c3ccccc3Cl)O[C@H](CO1)[C@H]1OC(c3ccccc3Cl)O[C@@H]12. The molecule has 3 aromatic rings. The van der Waals surface area contributed by atoms with E-state index in [1.807, 2.05) is 54.6 Å². The van der Waals surface area contributed by atoms with E-state index in [1.165, 1.54) is 0 Å². The standard InChI is InChI=1S/C27H23Cl3O6/c28-18-10-4-1-7-15(18)25-31-13-21-23-24(36-27(35-23)17-9-3-6-12-20(17)30)22(14-32-25)34-26(33-21)16-8-2-5-11-19(16)29/h1-12,21-27H,13-14H2/t21-,22+,23-,24-,25?,26?,27?/m1/s1. The molecule has 3 unspecified atom stereocenters. The molecule has 9 heteroatoms. The van der Waals surface area contributed by atoms with Gasteiger partial charge in [-0.3, -0.25) is 0 Å². The Balaban J connectivity index is 1.34. The number of halogens is 3. The molecule has 2 bridgehead atoms. The fourth-order valence-electron chi connectivity index (χ4n) is 4.73. The summed E-state index contributed by atoms with van der Waals surface area (Å²) in [5.74, 6) is 0. The summed E-state index contributed by atoms with van der Waals surface area (Å²) < 4.78 is 38.2. The van der Waals surface area contributed by atoms with Gasteiger partial charge in [0, 0.05) is 31.8 Å². The van der Waals surface area contributed by atoms with Gasteiger partial charge < -0.3 is 28.4 Å². The minimum atomic E-state index is -0.755. The Labute approximate surface area is 223 Å². The smallest absolute Gasteiger partial charge is 0.186 e. The molecule has 188 valence electrons. The van der Waals surface area contributed by atoms with Gasteiger partial charge in [0.1, 0.15) is 24.4 Å². The van der Waals surface area contributed by atoms with Crippen LogP contribution in [0.5, 0.6) is 0 Å². The quantitative estimate of drug-likeness (QED) is 0.364. The molecule has 36 heavy (non-hydrogen) atoms. The van der Waals surface area contributed by atoms with Crippen molar-refractivity contribution in [3.05, 3.63) is 105 Å². The lowest BCUT2D eigenvalue weighted by Gasteiger charge is -2.30. The topological polar surface area (TPSA) is 55.4 Å². The first kappa shape index (κ1) is 24.6. The van der Waals surface area contributed by atoms with Crippen LogP contribution < -0.4 is 0 Å². The predicted molar refractivity (Wildman–Crippen MR) is 134 cm³/mol. The highest BCUT2D eigenvalue weighted by Gasteiger charge is 2.52. The molecule has 3 saturated heterocycles. The summed E-state index contributed by atoms with van der Waals surface area (Å²) in [5, 5.41) is 1.64. The summed E-state index contributed by atoms with van der Waals surface area (Å²) in [7, 11) is 0. The highest BCUT2D eigenvalue weighted by Crippen LogP contribution is 2.44. The molecule has 3 heterocycles. The normalized spacial score (nSPS) is 32.2. The molecular formula is C27H23Cl3O6. The highest BCUT2D eigenvalue weighted by molar-refractivity contribution is 6.32. The second kappa shape index (κ2) is 10.6. The molecule has 0 aromatic heterocycles. The van der Waals surface area contributed by atoms with E-state index in [9.17, 15) is 0 Å². The van der Waals surface area contributed by atoms with Gasteiger partial charge in [-0.2, -0.15) is 0 Å². The predicted octanol–water partition coefficient (Wildman–Crippen LogP) is 6.66. The zero-order valence-electron chi connectivity index (χ0n) is 19.0. The van der Waals surface area contributed by atoms with E-state index in [1.54, 1.807) is 18.2 Å². The van der Waals surface area contributed by atoms with Crippen LogP contribution in [0.25, 0.3) is 0 Å². The number of rotatable bonds is 3. The summed E-state index contributed by atoms with van der Waals surface area (Å²) in [6.45, 7) is 0.291. The van der Waals surface area contributed by atoms with E-state index < -0.39 is 43.3 Å². The molecule has 6 nitrogen and oxygen atoms in total. The van der Waals surface area contributed by atoms with Gasteiger partial charge in [0.2, 0.25) is 0 Å². The third-order valence-electron chi connectivity index (χ3n) is 6.52. The third-order valence-corrected chi connectivity index (χ3v) is 7.55. The maximum Gasteiger partial charge on any atom is 0.186 e. The Kier molecular flexibility index (Phi) is 7.23. The summed E-state index contributed by atoms with van der Waals surface area (Å²) in [4.78, 5) is 0. The van der Waals surface area contributed by atoms with Crippen LogP contribution in [0.2, 0.25) is 15.1 Å². The van der Waals surface area contributed by atoms with Crippen molar-refractivity contribution in [2.45, 2.75) is 43.3 Å². The molecule has 3 fully saturated rings. The Morgan fingerprint density at radius 3 is 1.25 bits per heavy atom. The van der Waals surface area contributed by atoms with Crippen molar-refractivity contribution in [2.75, 3.05) is 13.2 Å². The first-order valence-electron chi connectivity index (χ1n) is 11.7. The fraction of sp³-hybridized carbons (Fsp3) is 0.333. The fourth-order valence-corrected chi connectivity index (χ4v) is 5.40. The van der Waals surface area contributed by atoms with Crippen LogP contribution >= 0.6 is 34.8 Å².